The molecule has 4 nitrogen and oxygen atoms in total. The molecule has 0 atom stereocenters. The standard InChI is InChI=1S/C13H12ClF2NO3/c14-9-7-8(1-2-10(9)15)11(18)17-5-3-13(16,4-6-17)12(19)20/h1-2,7H,3-6H2,(H,19,20). The zero-order valence-electron chi connectivity index (χ0n) is 10.4. The number of halogens is 3. The predicted molar refractivity (Wildman–Crippen MR) is 68.0 cm³/mol. The second-order valence-electron chi connectivity index (χ2n) is 4.69. The lowest BCUT2D eigenvalue weighted by Crippen LogP contribution is -2.48. The molecule has 2 rings (SSSR count). The molecule has 1 aliphatic rings. The molecule has 0 saturated carbocycles. The minimum atomic E-state index is -2.28. The molecule has 1 aromatic rings. The third kappa shape index (κ3) is 2.75. The van der Waals surface area contributed by atoms with Crippen LogP contribution in [0.25, 0.3) is 0 Å². The molecule has 1 amide bonds. The van der Waals surface area contributed by atoms with Gasteiger partial charge in [0.25, 0.3) is 5.91 Å². The third-order valence-corrected chi connectivity index (χ3v) is 3.68. The Morgan fingerprint density at radius 3 is 2.40 bits per heavy atom. The van der Waals surface area contributed by atoms with E-state index in [4.69, 9.17) is 16.7 Å². The number of alkyl halides is 1. The molecule has 0 aliphatic carbocycles. The summed E-state index contributed by atoms with van der Waals surface area (Å²) >= 11 is 5.60. The summed E-state index contributed by atoms with van der Waals surface area (Å²) in [6, 6.07) is 3.57. The number of aliphatic carboxylic acids is 1. The number of rotatable bonds is 2. The molecule has 0 bridgehead atoms. The number of carboxylic acid groups (broad SMARTS) is 1. The van der Waals surface area contributed by atoms with Crippen LogP contribution >= 0.6 is 11.6 Å². The van der Waals surface area contributed by atoms with E-state index >= 15 is 0 Å². The van der Waals surface area contributed by atoms with Crippen LogP contribution in [0.1, 0.15) is 23.2 Å². The molecule has 7 heteroatoms. The summed E-state index contributed by atoms with van der Waals surface area (Å²) in [7, 11) is 0. The van der Waals surface area contributed by atoms with Gasteiger partial charge in [-0.15, -0.1) is 0 Å². The summed E-state index contributed by atoms with van der Waals surface area (Å²) in [4.78, 5) is 24.2. The average Bonchev–Trinajstić information content (AvgIpc) is 2.42. The van der Waals surface area contributed by atoms with E-state index in [1.807, 2.05) is 0 Å². The van der Waals surface area contributed by atoms with Gasteiger partial charge in [-0.1, -0.05) is 11.6 Å². The van der Waals surface area contributed by atoms with E-state index in [0.717, 1.165) is 6.07 Å². The molecular weight excluding hydrogens is 292 g/mol. The highest BCUT2D eigenvalue weighted by atomic mass is 35.5. The Morgan fingerprint density at radius 2 is 1.90 bits per heavy atom. The number of carboxylic acids is 1. The number of likely N-dealkylation sites (tertiary alicyclic amines) is 1. The van der Waals surface area contributed by atoms with Crippen LogP contribution in [0.15, 0.2) is 18.2 Å². The second kappa shape index (κ2) is 5.36. The van der Waals surface area contributed by atoms with Crippen LogP contribution in [0.4, 0.5) is 8.78 Å². The van der Waals surface area contributed by atoms with E-state index in [1.54, 1.807) is 0 Å². The maximum atomic E-state index is 13.8. The second-order valence-corrected chi connectivity index (χ2v) is 5.10. The highest BCUT2D eigenvalue weighted by Crippen LogP contribution is 2.28. The fourth-order valence-corrected chi connectivity index (χ4v) is 2.27. The monoisotopic (exact) mass is 303 g/mol. The molecule has 1 N–H and O–H groups in total. The lowest BCUT2D eigenvalue weighted by Gasteiger charge is -2.33. The first-order chi connectivity index (χ1) is 9.33. The van der Waals surface area contributed by atoms with Gasteiger partial charge in [0.15, 0.2) is 0 Å². The van der Waals surface area contributed by atoms with Crippen molar-refractivity contribution in [3.05, 3.63) is 34.6 Å². The Balaban J connectivity index is 2.08. The van der Waals surface area contributed by atoms with E-state index in [1.165, 1.54) is 17.0 Å². The Morgan fingerprint density at radius 1 is 1.30 bits per heavy atom. The van der Waals surface area contributed by atoms with Crippen LogP contribution in [-0.4, -0.2) is 40.6 Å². The first-order valence-corrected chi connectivity index (χ1v) is 6.38. The lowest BCUT2D eigenvalue weighted by atomic mass is 9.93. The van der Waals surface area contributed by atoms with Crippen molar-refractivity contribution >= 4 is 23.5 Å². The summed E-state index contributed by atoms with van der Waals surface area (Å²) in [5, 5.41) is 8.60. The summed E-state index contributed by atoms with van der Waals surface area (Å²) in [6.07, 6.45) is -0.522. The van der Waals surface area contributed by atoms with Crippen molar-refractivity contribution in [3.63, 3.8) is 0 Å². The average molecular weight is 304 g/mol. The molecule has 0 aromatic heterocycles. The van der Waals surface area contributed by atoms with Gasteiger partial charge in [0, 0.05) is 31.5 Å². The molecule has 1 heterocycles. The molecule has 1 fully saturated rings. The first-order valence-electron chi connectivity index (χ1n) is 6.00. The Hall–Kier alpha value is -1.69. The van der Waals surface area contributed by atoms with Crippen molar-refractivity contribution < 1.29 is 23.5 Å². The third-order valence-electron chi connectivity index (χ3n) is 3.39. The highest BCUT2D eigenvalue weighted by Gasteiger charge is 2.42. The number of piperidine rings is 1. The number of carbonyl (C=O) groups excluding carboxylic acids is 1. The largest absolute Gasteiger partial charge is 0.479 e. The van der Waals surface area contributed by atoms with Crippen LogP contribution < -0.4 is 0 Å². The van der Waals surface area contributed by atoms with Crippen molar-refractivity contribution in [2.24, 2.45) is 0 Å². The highest BCUT2D eigenvalue weighted by molar-refractivity contribution is 6.31. The zero-order valence-corrected chi connectivity index (χ0v) is 11.2. The van der Waals surface area contributed by atoms with E-state index in [2.05, 4.69) is 0 Å². The van der Waals surface area contributed by atoms with E-state index in [9.17, 15) is 18.4 Å². The van der Waals surface area contributed by atoms with Crippen LogP contribution in [0.2, 0.25) is 5.02 Å². The summed E-state index contributed by atoms with van der Waals surface area (Å²) < 4.78 is 26.9. The molecule has 20 heavy (non-hydrogen) atoms. The number of nitrogens with zero attached hydrogens (tertiary/aromatic N) is 1. The van der Waals surface area contributed by atoms with Gasteiger partial charge in [-0.2, -0.15) is 0 Å². The molecular formula is C13H12ClF2NO3. The zero-order chi connectivity index (χ0) is 14.9. The van der Waals surface area contributed by atoms with Gasteiger partial charge in [-0.3, -0.25) is 4.79 Å². The van der Waals surface area contributed by atoms with E-state index in [0.29, 0.717) is 0 Å². The number of benzene rings is 1. The normalized spacial score (nSPS) is 17.9. The molecule has 1 saturated heterocycles. The van der Waals surface area contributed by atoms with E-state index in [-0.39, 0.29) is 36.5 Å². The summed E-state index contributed by atoms with van der Waals surface area (Å²) in [6.45, 7) is -0.00669. The summed E-state index contributed by atoms with van der Waals surface area (Å²) in [5.41, 5.74) is -2.09. The van der Waals surface area contributed by atoms with Crippen LogP contribution in [0.3, 0.4) is 0 Å². The molecule has 0 spiro atoms. The predicted octanol–water partition coefficient (Wildman–Crippen LogP) is 2.51. The maximum Gasteiger partial charge on any atom is 0.341 e. The summed E-state index contributed by atoms with van der Waals surface area (Å²) in [5.74, 6) is -2.55. The molecule has 108 valence electrons. The van der Waals surface area contributed by atoms with Crippen molar-refractivity contribution in [1.82, 2.24) is 4.90 Å². The van der Waals surface area contributed by atoms with Crippen LogP contribution in [-0.2, 0) is 4.79 Å². The number of amides is 1. The quantitative estimate of drug-likeness (QED) is 0.913. The van der Waals surface area contributed by atoms with Crippen molar-refractivity contribution in [1.29, 1.82) is 0 Å². The van der Waals surface area contributed by atoms with Crippen LogP contribution in [0.5, 0.6) is 0 Å². The van der Waals surface area contributed by atoms with Gasteiger partial charge in [0.1, 0.15) is 5.82 Å². The Bertz CT molecular complexity index is 557. The van der Waals surface area contributed by atoms with Gasteiger partial charge >= 0.3 is 5.97 Å². The van der Waals surface area contributed by atoms with Crippen LogP contribution in [0, 0.1) is 5.82 Å². The van der Waals surface area contributed by atoms with Gasteiger partial charge in [-0.25, -0.2) is 13.6 Å². The Kier molecular flexibility index (Phi) is 3.94. The van der Waals surface area contributed by atoms with Crippen molar-refractivity contribution in [2.75, 3.05) is 13.1 Å². The lowest BCUT2D eigenvalue weighted by molar-refractivity contribution is -0.153. The number of carbonyl (C=O) groups is 2. The molecule has 1 aromatic carbocycles. The minimum Gasteiger partial charge on any atom is -0.479 e. The topological polar surface area (TPSA) is 57.6 Å². The smallest absolute Gasteiger partial charge is 0.341 e. The number of hydrogen-bond acceptors (Lipinski definition) is 2. The van der Waals surface area contributed by atoms with Crippen molar-refractivity contribution in [3.8, 4) is 0 Å². The Labute approximate surface area is 118 Å². The molecule has 0 radical (unpaired) electrons. The van der Waals surface area contributed by atoms with E-state index < -0.39 is 23.4 Å². The van der Waals surface area contributed by atoms with Gasteiger partial charge in [0.05, 0.1) is 5.02 Å². The fraction of sp³-hybridized carbons (Fsp3) is 0.385. The SMILES string of the molecule is O=C(c1ccc(F)c(Cl)c1)N1CCC(F)(C(=O)O)CC1. The fourth-order valence-electron chi connectivity index (χ4n) is 2.09. The maximum absolute atomic E-state index is 13.8. The first kappa shape index (κ1) is 14.7. The van der Waals surface area contributed by atoms with Crippen molar-refractivity contribution in [2.45, 2.75) is 18.5 Å². The van der Waals surface area contributed by atoms with Gasteiger partial charge in [0.2, 0.25) is 5.67 Å². The van der Waals surface area contributed by atoms with Gasteiger partial charge < -0.3 is 10.0 Å². The van der Waals surface area contributed by atoms with Gasteiger partial charge in [-0.05, 0) is 18.2 Å². The minimum absolute atomic E-state index is 0.00334. The number of hydrogen-bond donors (Lipinski definition) is 1. The molecule has 0 unspecified atom stereocenters. The molecule has 1 aliphatic heterocycles.